The maximum atomic E-state index is 13.7. The summed E-state index contributed by atoms with van der Waals surface area (Å²) in [5.41, 5.74) is 1.09. The van der Waals surface area contributed by atoms with E-state index in [9.17, 15) is 9.18 Å². The van der Waals surface area contributed by atoms with Crippen molar-refractivity contribution < 1.29 is 9.18 Å². The molecule has 0 radical (unpaired) electrons. The number of nitrogens with zero attached hydrogens (tertiary/aromatic N) is 2. The van der Waals surface area contributed by atoms with Crippen LogP contribution < -0.4 is 5.32 Å². The van der Waals surface area contributed by atoms with Crippen LogP contribution in [-0.4, -0.2) is 42.0 Å². The van der Waals surface area contributed by atoms with Gasteiger partial charge in [-0.15, -0.1) is 0 Å². The Morgan fingerprint density at radius 3 is 2.28 bits per heavy atom. The number of urea groups is 1. The van der Waals surface area contributed by atoms with Crippen molar-refractivity contribution in [2.45, 2.75) is 6.54 Å². The van der Waals surface area contributed by atoms with Gasteiger partial charge in [0, 0.05) is 38.3 Å². The lowest BCUT2D eigenvalue weighted by Gasteiger charge is -2.34. The Labute approximate surface area is 156 Å². The summed E-state index contributed by atoms with van der Waals surface area (Å²) < 4.78 is 13.7. The average molecular weight is 382 g/mol. The van der Waals surface area contributed by atoms with Gasteiger partial charge in [0.1, 0.15) is 5.82 Å². The highest BCUT2D eigenvalue weighted by atomic mass is 35.5. The van der Waals surface area contributed by atoms with E-state index < -0.39 is 0 Å². The fraction of sp³-hybridized carbons (Fsp3) is 0.278. The normalized spacial score (nSPS) is 15.2. The predicted octanol–water partition coefficient (Wildman–Crippen LogP) is 4.48. The third-order valence-corrected chi connectivity index (χ3v) is 4.84. The predicted molar refractivity (Wildman–Crippen MR) is 98.7 cm³/mol. The van der Waals surface area contributed by atoms with E-state index >= 15 is 0 Å². The molecule has 25 heavy (non-hydrogen) atoms. The van der Waals surface area contributed by atoms with Crippen molar-refractivity contribution in [1.82, 2.24) is 9.80 Å². The maximum Gasteiger partial charge on any atom is 0.322 e. The number of hydrogen-bond acceptors (Lipinski definition) is 2. The molecule has 2 aromatic carbocycles. The van der Waals surface area contributed by atoms with Gasteiger partial charge >= 0.3 is 6.03 Å². The first kappa shape index (κ1) is 18.0. The lowest BCUT2D eigenvalue weighted by Crippen LogP contribution is -2.49. The molecule has 7 heteroatoms. The summed E-state index contributed by atoms with van der Waals surface area (Å²) in [6.45, 7) is 3.01. The second kappa shape index (κ2) is 8.04. The zero-order chi connectivity index (χ0) is 17.8. The molecule has 1 aliphatic heterocycles. The first-order chi connectivity index (χ1) is 12.0. The SMILES string of the molecule is O=C(Nc1c(Cl)cccc1Cl)N1CCN(Cc2ccccc2F)CC1. The summed E-state index contributed by atoms with van der Waals surface area (Å²) in [5, 5.41) is 3.57. The number of benzene rings is 2. The maximum absolute atomic E-state index is 13.7. The lowest BCUT2D eigenvalue weighted by molar-refractivity contribution is 0.142. The van der Waals surface area contributed by atoms with Gasteiger partial charge in [-0.05, 0) is 18.2 Å². The molecule has 0 saturated carbocycles. The van der Waals surface area contributed by atoms with Gasteiger partial charge < -0.3 is 10.2 Å². The number of halogens is 3. The van der Waals surface area contributed by atoms with E-state index in [0.29, 0.717) is 54.0 Å². The molecule has 3 rings (SSSR count). The van der Waals surface area contributed by atoms with Gasteiger partial charge in [0.15, 0.2) is 0 Å². The molecule has 132 valence electrons. The molecular formula is C18H18Cl2FN3O. The van der Waals surface area contributed by atoms with Crippen LogP contribution in [0, 0.1) is 5.82 Å². The van der Waals surface area contributed by atoms with E-state index in [0.717, 1.165) is 0 Å². The average Bonchev–Trinajstić information content (AvgIpc) is 2.61. The Morgan fingerprint density at radius 1 is 1.00 bits per heavy atom. The summed E-state index contributed by atoms with van der Waals surface area (Å²) in [7, 11) is 0. The quantitative estimate of drug-likeness (QED) is 0.850. The highest BCUT2D eigenvalue weighted by Gasteiger charge is 2.22. The van der Waals surface area contributed by atoms with Crippen LogP contribution in [0.4, 0.5) is 14.9 Å². The number of piperazine rings is 1. The molecule has 1 aliphatic rings. The molecule has 2 amide bonds. The zero-order valence-electron chi connectivity index (χ0n) is 13.5. The Morgan fingerprint density at radius 2 is 1.64 bits per heavy atom. The van der Waals surface area contributed by atoms with Crippen LogP contribution in [0.3, 0.4) is 0 Å². The Balaban J connectivity index is 1.55. The Kier molecular flexibility index (Phi) is 5.78. The molecule has 4 nitrogen and oxygen atoms in total. The van der Waals surface area contributed by atoms with Gasteiger partial charge in [-0.25, -0.2) is 9.18 Å². The topological polar surface area (TPSA) is 35.6 Å². The van der Waals surface area contributed by atoms with E-state index in [4.69, 9.17) is 23.2 Å². The molecule has 1 N–H and O–H groups in total. The molecule has 0 unspecified atom stereocenters. The molecule has 1 fully saturated rings. The number of anilines is 1. The molecule has 0 aliphatic carbocycles. The summed E-state index contributed by atoms with van der Waals surface area (Å²) in [6.07, 6.45) is 0. The lowest BCUT2D eigenvalue weighted by atomic mass is 10.2. The number of hydrogen-bond donors (Lipinski definition) is 1. The number of carbonyl (C=O) groups is 1. The summed E-state index contributed by atoms with van der Waals surface area (Å²) in [4.78, 5) is 16.2. The van der Waals surface area contributed by atoms with E-state index in [-0.39, 0.29) is 11.8 Å². The van der Waals surface area contributed by atoms with E-state index in [1.165, 1.54) is 6.07 Å². The minimum atomic E-state index is -0.236. The molecule has 2 aromatic rings. The minimum absolute atomic E-state index is 0.198. The van der Waals surface area contributed by atoms with Crippen molar-refractivity contribution in [2.24, 2.45) is 0 Å². The molecule has 1 saturated heterocycles. The van der Waals surface area contributed by atoms with Gasteiger partial charge in [0.05, 0.1) is 15.7 Å². The van der Waals surface area contributed by atoms with Crippen LogP contribution in [0.25, 0.3) is 0 Å². The van der Waals surface area contributed by atoms with Gasteiger partial charge in [-0.1, -0.05) is 47.5 Å². The summed E-state index contributed by atoms with van der Waals surface area (Å²) in [5.74, 6) is -0.198. The second-order valence-electron chi connectivity index (χ2n) is 5.88. The fourth-order valence-electron chi connectivity index (χ4n) is 2.78. The highest BCUT2D eigenvalue weighted by molar-refractivity contribution is 6.39. The molecular weight excluding hydrogens is 364 g/mol. The first-order valence-electron chi connectivity index (χ1n) is 8.00. The minimum Gasteiger partial charge on any atom is -0.322 e. The molecule has 0 spiro atoms. The standard InChI is InChI=1S/C18H18Cl2FN3O/c19-14-5-3-6-15(20)17(14)22-18(25)24-10-8-23(9-11-24)12-13-4-1-2-7-16(13)21/h1-7H,8-12H2,(H,22,25). The second-order valence-corrected chi connectivity index (χ2v) is 6.70. The van der Waals surface area contributed by atoms with Crippen LogP contribution in [0.1, 0.15) is 5.56 Å². The van der Waals surface area contributed by atoms with Crippen molar-refractivity contribution >= 4 is 34.9 Å². The van der Waals surface area contributed by atoms with Gasteiger partial charge in [-0.2, -0.15) is 0 Å². The van der Waals surface area contributed by atoms with Crippen LogP contribution in [-0.2, 0) is 6.54 Å². The molecule has 0 aromatic heterocycles. The van der Waals surface area contributed by atoms with E-state index in [1.54, 1.807) is 35.2 Å². The van der Waals surface area contributed by atoms with Crippen LogP contribution in [0.5, 0.6) is 0 Å². The van der Waals surface area contributed by atoms with Gasteiger partial charge in [-0.3, -0.25) is 4.90 Å². The van der Waals surface area contributed by atoms with E-state index in [2.05, 4.69) is 10.2 Å². The molecule has 0 atom stereocenters. The zero-order valence-corrected chi connectivity index (χ0v) is 15.0. The fourth-order valence-corrected chi connectivity index (χ4v) is 3.27. The Hall–Kier alpha value is -1.82. The Bertz CT molecular complexity index is 743. The number of rotatable bonds is 3. The molecule has 1 heterocycles. The number of nitrogens with one attached hydrogen (secondary N) is 1. The van der Waals surface area contributed by atoms with Crippen molar-refractivity contribution in [3.05, 3.63) is 63.9 Å². The van der Waals surface area contributed by atoms with Gasteiger partial charge in [0.2, 0.25) is 0 Å². The van der Waals surface area contributed by atoms with Crippen molar-refractivity contribution in [3.8, 4) is 0 Å². The summed E-state index contributed by atoms with van der Waals surface area (Å²) in [6, 6.07) is 11.6. The van der Waals surface area contributed by atoms with Crippen LogP contribution in [0.2, 0.25) is 10.0 Å². The van der Waals surface area contributed by atoms with Crippen molar-refractivity contribution in [3.63, 3.8) is 0 Å². The van der Waals surface area contributed by atoms with Gasteiger partial charge in [0.25, 0.3) is 0 Å². The van der Waals surface area contributed by atoms with E-state index in [1.807, 2.05) is 6.07 Å². The third-order valence-electron chi connectivity index (χ3n) is 4.21. The first-order valence-corrected chi connectivity index (χ1v) is 8.76. The highest BCUT2D eigenvalue weighted by Crippen LogP contribution is 2.30. The number of carbonyl (C=O) groups excluding carboxylic acids is 1. The summed E-state index contributed by atoms with van der Waals surface area (Å²) >= 11 is 12.2. The smallest absolute Gasteiger partial charge is 0.322 e. The van der Waals surface area contributed by atoms with Crippen molar-refractivity contribution in [2.75, 3.05) is 31.5 Å². The third kappa shape index (κ3) is 4.42. The number of para-hydroxylation sites is 1. The molecule has 0 bridgehead atoms. The monoisotopic (exact) mass is 381 g/mol. The number of amides is 2. The van der Waals surface area contributed by atoms with Crippen LogP contribution >= 0.6 is 23.2 Å². The van der Waals surface area contributed by atoms with Crippen LogP contribution in [0.15, 0.2) is 42.5 Å². The largest absolute Gasteiger partial charge is 0.322 e. The van der Waals surface area contributed by atoms with Crippen molar-refractivity contribution in [1.29, 1.82) is 0 Å².